The van der Waals surface area contributed by atoms with E-state index in [0.717, 1.165) is 25.9 Å². The Hall–Kier alpha value is -1.91. The van der Waals surface area contributed by atoms with Gasteiger partial charge in [-0.25, -0.2) is 4.39 Å². The molecule has 1 aromatic carbocycles. The molecule has 2 amide bonds. The second-order valence-electron chi connectivity index (χ2n) is 7.37. The highest BCUT2D eigenvalue weighted by Gasteiger charge is 2.24. The summed E-state index contributed by atoms with van der Waals surface area (Å²) in [6, 6.07) is 6.63. The van der Waals surface area contributed by atoms with Gasteiger partial charge < -0.3 is 10.2 Å². The van der Waals surface area contributed by atoms with Crippen LogP contribution in [0, 0.1) is 5.82 Å². The molecule has 0 bridgehead atoms. The number of halogens is 1. The van der Waals surface area contributed by atoms with E-state index >= 15 is 0 Å². The van der Waals surface area contributed by atoms with Crippen LogP contribution in [-0.4, -0.2) is 36.3 Å². The van der Waals surface area contributed by atoms with Gasteiger partial charge in [0.2, 0.25) is 11.8 Å². The molecule has 26 heavy (non-hydrogen) atoms. The van der Waals surface area contributed by atoms with E-state index in [0.29, 0.717) is 31.4 Å². The van der Waals surface area contributed by atoms with E-state index in [9.17, 15) is 14.0 Å². The maximum Gasteiger partial charge on any atom is 0.222 e. The third-order valence-electron chi connectivity index (χ3n) is 4.46. The quantitative estimate of drug-likeness (QED) is 0.644. The Morgan fingerprint density at radius 1 is 1.08 bits per heavy atom. The van der Waals surface area contributed by atoms with Crippen LogP contribution >= 0.6 is 0 Å². The van der Waals surface area contributed by atoms with Gasteiger partial charge in [0, 0.05) is 37.9 Å². The van der Waals surface area contributed by atoms with Crippen LogP contribution in [0.4, 0.5) is 4.39 Å². The summed E-state index contributed by atoms with van der Waals surface area (Å²) < 4.78 is 13.9. The largest absolute Gasteiger partial charge is 0.355 e. The summed E-state index contributed by atoms with van der Waals surface area (Å²) in [7, 11) is 0. The fraction of sp³-hybridized carbons (Fsp3) is 0.619. The van der Waals surface area contributed by atoms with Crippen LogP contribution in [0.3, 0.4) is 0 Å². The number of benzene rings is 1. The number of nitrogens with one attached hydrogen (secondary N) is 1. The average molecular weight is 365 g/mol. The minimum Gasteiger partial charge on any atom is -0.355 e. The van der Waals surface area contributed by atoms with Gasteiger partial charge in [0.1, 0.15) is 5.82 Å². The van der Waals surface area contributed by atoms with Crippen LogP contribution in [0.25, 0.3) is 0 Å². The summed E-state index contributed by atoms with van der Waals surface area (Å²) in [4.78, 5) is 26.1. The minimum atomic E-state index is -0.490. The predicted octanol–water partition coefficient (Wildman–Crippen LogP) is 4.04. The number of carbonyl (C=O) groups excluding carboxylic acids is 2. The lowest BCUT2D eigenvalue weighted by Gasteiger charge is -2.26. The molecule has 0 saturated carbocycles. The third kappa shape index (κ3) is 7.14. The minimum absolute atomic E-state index is 0.0975. The molecule has 0 aromatic heterocycles. The van der Waals surface area contributed by atoms with Crippen molar-refractivity contribution in [2.45, 2.75) is 65.2 Å². The molecule has 0 aliphatic carbocycles. The van der Waals surface area contributed by atoms with Crippen molar-refractivity contribution in [3.8, 4) is 0 Å². The number of hydrogen-bond donors (Lipinski definition) is 1. The Kier molecular flexibility index (Phi) is 9.31. The van der Waals surface area contributed by atoms with Gasteiger partial charge in [0.15, 0.2) is 0 Å². The van der Waals surface area contributed by atoms with Crippen molar-refractivity contribution in [3.05, 3.63) is 35.6 Å². The molecule has 1 aromatic rings. The van der Waals surface area contributed by atoms with E-state index in [2.05, 4.69) is 19.2 Å². The highest BCUT2D eigenvalue weighted by Crippen LogP contribution is 2.24. The maximum atomic E-state index is 13.9. The summed E-state index contributed by atoms with van der Waals surface area (Å²) in [6.45, 7) is 9.83. The molecule has 1 rings (SSSR count). The highest BCUT2D eigenvalue weighted by molar-refractivity contribution is 5.79. The molecule has 0 aliphatic rings. The lowest BCUT2D eigenvalue weighted by molar-refractivity contribution is -0.131. The van der Waals surface area contributed by atoms with Crippen molar-refractivity contribution in [1.29, 1.82) is 0 Å². The van der Waals surface area contributed by atoms with Crippen LogP contribution in [-0.2, 0) is 15.0 Å². The second kappa shape index (κ2) is 10.9. The van der Waals surface area contributed by atoms with Gasteiger partial charge >= 0.3 is 0 Å². The van der Waals surface area contributed by atoms with Crippen LogP contribution in [0.1, 0.15) is 65.4 Å². The van der Waals surface area contributed by atoms with Crippen molar-refractivity contribution in [2.24, 2.45) is 0 Å². The fourth-order valence-electron chi connectivity index (χ4n) is 2.97. The molecular weight excluding hydrogens is 331 g/mol. The van der Waals surface area contributed by atoms with E-state index < -0.39 is 5.41 Å². The number of carbonyl (C=O) groups is 2. The Bertz CT molecular complexity index is 581. The first kappa shape index (κ1) is 22.1. The number of hydrogen-bond acceptors (Lipinski definition) is 2. The van der Waals surface area contributed by atoms with E-state index in [1.165, 1.54) is 6.07 Å². The number of amides is 2. The standard InChI is InChI=1S/C21H33FN2O2/c1-5-14-24(15-6-2)20(26)13-9-12-19(25)23-16-21(3,4)17-10-7-8-11-18(17)22/h7-8,10-11H,5-6,9,12-16H2,1-4H3,(H,23,25). The zero-order chi connectivity index (χ0) is 19.6. The van der Waals surface area contributed by atoms with E-state index in [4.69, 9.17) is 0 Å². The average Bonchev–Trinajstić information content (AvgIpc) is 2.60. The van der Waals surface area contributed by atoms with Gasteiger partial charge in [-0.05, 0) is 30.9 Å². The van der Waals surface area contributed by atoms with E-state index in [-0.39, 0.29) is 17.6 Å². The monoisotopic (exact) mass is 364 g/mol. The smallest absolute Gasteiger partial charge is 0.222 e. The second-order valence-corrected chi connectivity index (χ2v) is 7.37. The molecular formula is C21H33FN2O2. The lowest BCUT2D eigenvalue weighted by Crippen LogP contribution is -2.37. The van der Waals surface area contributed by atoms with Crippen molar-refractivity contribution < 1.29 is 14.0 Å². The Labute approximate surface area is 157 Å². The first-order valence-corrected chi connectivity index (χ1v) is 9.61. The van der Waals surface area contributed by atoms with Gasteiger partial charge in [0.05, 0.1) is 0 Å². The molecule has 0 spiro atoms. The van der Waals surface area contributed by atoms with Crippen molar-refractivity contribution in [2.75, 3.05) is 19.6 Å². The zero-order valence-electron chi connectivity index (χ0n) is 16.6. The molecule has 0 unspecified atom stereocenters. The molecule has 0 radical (unpaired) electrons. The Morgan fingerprint density at radius 2 is 1.69 bits per heavy atom. The van der Waals surface area contributed by atoms with Gasteiger partial charge in [-0.1, -0.05) is 45.9 Å². The third-order valence-corrected chi connectivity index (χ3v) is 4.46. The molecule has 146 valence electrons. The predicted molar refractivity (Wildman–Crippen MR) is 103 cm³/mol. The number of rotatable bonds is 11. The van der Waals surface area contributed by atoms with Crippen LogP contribution in [0.5, 0.6) is 0 Å². The first-order chi connectivity index (χ1) is 12.3. The zero-order valence-corrected chi connectivity index (χ0v) is 16.6. The molecule has 1 N–H and O–H groups in total. The Balaban J connectivity index is 2.40. The van der Waals surface area contributed by atoms with Crippen molar-refractivity contribution >= 4 is 11.8 Å². The van der Waals surface area contributed by atoms with E-state index in [1.54, 1.807) is 18.2 Å². The highest BCUT2D eigenvalue weighted by atomic mass is 19.1. The van der Waals surface area contributed by atoms with Crippen molar-refractivity contribution in [1.82, 2.24) is 10.2 Å². The van der Waals surface area contributed by atoms with Gasteiger partial charge in [-0.3, -0.25) is 9.59 Å². The number of nitrogens with zero attached hydrogens (tertiary/aromatic N) is 1. The van der Waals surface area contributed by atoms with Crippen LogP contribution in [0.2, 0.25) is 0 Å². The first-order valence-electron chi connectivity index (χ1n) is 9.61. The summed E-state index contributed by atoms with van der Waals surface area (Å²) >= 11 is 0. The molecule has 0 saturated heterocycles. The molecule has 5 heteroatoms. The molecule has 0 aliphatic heterocycles. The van der Waals surface area contributed by atoms with Gasteiger partial charge in [-0.15, -0.1) is 0 Å². The van der Waals surface area contributed by atoms with Gasteiger partial charge in [-0.2, -0.15) is 0 Å². The summed E-state index contributed by atoms with van der Waals surface area (Å²) in [5.74, 6) is -0.239. The van der Waals surface area contributed by atoms with Crippen LogP contribution < -0.4 is 5.32 Å². The Morgan fingerprint density at radius 3 is 2.27 bits per heavy atom. The summed E-state index contributed by atoms with van der Waals surface area (Å²) in [5.41, 5.74) is 0.0980. The molecule has 0 heterocycles. The van der Waals surface area contributed by atoms with Crippen molar-refractivity contribution in [3.63, 3.8) is 0 Å². The van der Waals surface area contributed by atoms with Crippen LogP contribution in [0.15, 0.2) is 24.3 Å². The van der Waals surface area contributed by atoms with Gasteiger partial charge in [0.25, 0.3) is 0 Å². The topological polar surface area (TPSA) is 49.4 Å². The molecule has 0 atom stereocenters. The normalized spacial score (nSPS) is 11.3. The fourth-order valence-corrected chi connectivity index (χ4v) is 2.97. The lowest BCUT2D eigenvalue weighted by atomic mass is 9.84. The van der Waals surface area contributed by atoms with E-state index in [1.807, 2.05) is 18.7 Å². The SMILES string of the molecule is CCCN(CCC)C(=O)CCCC(=O)NCC(C)(C)c1ccccc1F. The summed E-state index contributed by atoms with van der Waals surface area (Å²) in [5, 5.41) is 2.87. The summed E-state index contributed by atoms with van der Waals surface area (Å²) in [6.07, 6.45) is 3.12. The molecule has 0 fully saturated rings. The maximum absolute atomic E-state index is 13.9. The molecule has 4 nitrogen and oxygen atoms in total.